The minimum atomic E-state index is -1.69. The van der Waals surface area contributed by atoms with Crippen molar-refractivity contribution in [1.29, 1.82) is 0 Å². The summed E-state index contributed by atoms with van der Waals surface area (Å²) in [5.41, 5.74) is 3.22. The fourth-order valence-corrected chi connectivity index (χ4v) is 10.2. The van der Waals surface area contributed by atoms with Gasteiger partial charge < -0.3 is 23.1 Å². The summed E-state index contributed by atoms with van der Waals surface area (Å²) in [5.74, 6) is 2.07. The Morgan fingerprint density at radius 1 is 0.571 bits per heavy atom. The van der Waals surface area contributed by atoms with Gasteiger partial charge in [0.1, 0.15) is 11.5 Å². The number of ether oxygens (including phenoxy) is 3. The Balaban J connectivity index is 1.82. The maximum atomic E-state index is 13.3. The summed E-state index contributed by atoms with van der Waals surface area (Å²) in [6.45, 7) is 32.8. The van der Waals surface area contributed by atoms with E-state index in [2.05, 4.69) is 160 Å². The molecule has 0 aromatic heterocycles. The van der Waals surface area contributed by atoms with Gasteiger partial charge in [-0.3, -0.25) is 4.79 Å². The lowest BCUT2D eigenvalue weighted by Crippen LogP contribution is -2.40. The van der Waals surface area contributed by atoms with E-state index < -0.39 is 22.0 Å². The summed E-state index contributed by atoms with van der Waals surface area (Å²) in [6.07, 6.45) is 12.4. The maximum Gasteiger partial charge on any atom is 0.308 e. The predicted octanol–water partition coefficient (Wildman–Crippen LogP) is 15.7. The second kappa shape index (κ2) is 25.7. The first-order chi connectivity index (χ1) is 29.7. The Labute approximate surface area is 388 Å². The van der Waals surface area contributed by atoms with Gasteiger partial charge in [-0.1, -0.05) is 136 Å². The van der Waals surface area contributed by atoms with Crippen LogP contribution in [0.25, 0.3) is 0 Å². The molecule has 0 aliphatic heterocycles. The predicted molar refractivity (Wildman–Crippen MR) is 272 cm³/mol. The van der Waals surface area contributed by atoms with E-state index in [0.29, 0.717) is 25.6 Å². The van der Waals surface area contributed by atoms with Crippen molar-refractivity contribution in [3.63, 3.8) is 0 Å². The first-order valence-corrected chi connectivity index (χ1v) is 30.3. The van der Waals surface area contributed by atoms with Crippen molar-refractivity contribution in [2.45, 2.75) is 187 Å². The lowest BCUT2D eigenvalue weighted by Gasteiger charge is -2.40. The van der Waals surface area contributed by atoms with E-state index in [4.69, 9.17) is 23.1 Å². The van der Waals surface area contributed by atoms with Crippen LogP contribution in [-0.4, -0.2) is 56.1 Å². The zero-order valence-corrected chi connectivity index (χ0v) is 44.5. The topological polar surface area (TPSA) is 63.2 Å². The van der Waals surface area contributed by atoms with Crippen LogP contribution < -0.4 is 9.47 Å². The third kappa shape index (κ3) is 17.4. The molecule has 0 saturated heterocycles. The quantitative estimate of drug-likeness (QED) is 0.0393. The Hall–Kier alpha value is -2.92. The van der Waals surface area contributed by atoms with E-state index in [1.807, 2.05) is 6.92 Å². The van der Waals surface area contributed by atoms with Crippen molar-refractivity contribution in [2.75, 3.05) is 33.5 Å². The molecule has 3 unspecified atom stereocenters. The second-order valence-corrected chi connectivity index (χ2v) is 31.2. The van der Waals surface area contributed by atoms with Crippen LogP contribution in [0.15, 0.2) is 78.9 Å². The number of unbranched alkanes of at least 4 members (excludes halogenated alkanes) is 6. The monoisotopic (exact) mass is 903 g/mol. The maximum absolute atomic E-state index is 13.3. The highest BCUT2D eigenvalue weighted by Gasteiger charge is 2.41. The molecule has 3 rings (SSSR count). The molecule has 0 aliphatic carbocycles. The van der Waals surface area contributed by atoms with Gasteiger partial charge in [-0.15, -0.1) is 0 Å². The van der Waals surface area contributed by atoms with E-state index in [9.17, 15) is 4.79 Å². The Morgan fingerprint density at radius 2 is 0.984 bits per heavy atom. The second-order valence-electron chi connectivity index (χ2n) is 21.6. The lowest BCUT2D eigenvalue weighted by molar-refractivity contribution is -0.145. The fraction of sp³-hybridized carbons (Fsp3) is 0.655. The molecule has 0 saturated carbocycles. The molecule has 6 nitrogen and oxygen atoms in total. The zero-order chi connectivity index (χ0) is 46.7. The Bertz CT molecular complexity index is 1620. The van der Waals surface area contributed by atoms with E-state index >= 15 is 0 Å². The molecule has 0 bridgehead atoms. The number of rotatable bonds is 29. The summed E-state index contributed by atoms with van der Waals surface area (Å²) >= 11 is 0. The average molecular weight is 903 g/mol. The van der Waals surface area contributed by atoms with E-state index in [1.165, 1.54) is 23.8 Å². The smallest absolute Gasteiger partial charge is 0.308 e. The molecule has 0 heterocycles. The summed E-state index contributed by atoms with van der Waals surface area (Å²) in [5, 5.41) is 0.488. The third-order valence-corrected chi connectivity index (χ3v) is 23.6. The molecule has 8 heteroatoms. The van der Waals surface area contributed by atoms with Crippen LogP contribution in [0.4, 0.5) is 0 Å². The minimum absolute atomic E-state index is 0.185. The molecular formula is C55H90O6Si2. The number of esters is 1. The van der Waals surface area contributed by atoms with E-state index in [0.717, 1.165) is 95.3 Å². The van der Waals surface area contributed by atoms with Gasteiger partial charge in [0.15, 0.2) is 16.6 Å². The molecular weight excluding hydrogens is 813 g/mol. The molecule has 0 aliphatic rings. The molecule has 354 valence electrons. The van der Waals surface area contributed by atoms with Crippen molar-refractivity contribution < 1.29 is 27.9 Å². The molecule has 0 radical (unpaired) electrons. The third-order valence-electron chi connectivity index (χ3n) is 14.5. The van der Waals surface area contributed by atoms with Gasteiger partial charge in [-0.25, -0.2) is 0 Å². The highest BCUT2D eigenvalue weighted by atomic mass is 28.4. The summed E-state index contributed by atoms with van der Waals surface area (Å²) in [4.78, 5) is 13.3. The molecule has 3 atom stereocenters. The first kappa shape index (κ1) is 54.4. The summed E-state index contributed by atoms with van der Waals surface area (Å²) in [7, 11) is -1.89. The number of hydrogen-bond acceptors (Lipinski definition) is 6. The van der Waals surface area contributed by atoms with Crippen LogP contribution in [0.1, 0.15) is 162 Å². The highest BCUT2D eigenvalue weighted by Crippen LogP contribution is 2.48. The molecule has 0 fully saturated rings. The van der Waals surface area contributed by atoms with E-state index in [-0.39, 0.29) is 27.9 Å². The van der Waals surface area contributed by atoms with Crippen LogP contribution in [0.3, 0.4) is 0 Å². The normalized spacial score (nSPS) is 14.3. The van der Waals surface area contributed by atoms with Crippen molar-refractivity contribution in [1.82, 2.24) is 0 Å². The largest absolute Gasteiger partial charge is 0.494 e. The Kier molecular flexibility index (Phi) is 22.2. The lowest BCUT2D eigenvalue weighted by atomic mass is 9.63. The van der Waals surface area contributed by atoms with Gasteiger partial charge >= 0.3 is 5.97 Å². The molecule has 0 N–H and O–H groups in total. The number of benzene rings is 3. The fourth-order valence-electron chi connectivity index (χ4n) is 7.99. The zero-order valence-electron chi connectivity index (χ0n) is 42.5. The van der Waals surface area contributed by atoms with Gasteiger partial charge in [-0.05, 0) is 147 Å². The molecule has 63 heavy (non-hydrogen) atoms. The Morgan fingerprint density at radius 3 is 1.37 bits per heavy atom. The van der Waals surface area contributed by atoms with Crippen LogP contribution in [0.2, 0.25) is 36.3 Å². The van der Waals surface area contributed by atoms with Gasteiger partial charge in [0.2, 0.25) is 0 Å². The van der Waals surface area contributed by atoms with Crippen molar-refractivity contribution >= 4 is 22.6 Å². The van der Waals surface area contributed by atoms with Crippen molar-refractivity contribution in [3.8, 4) is 11.5 Å². The number of hydrogen-bond donors (Lipinski definition) is 0. The van der Waals surface area contributed by atoms with Crippen molar-refractivity contribution in [3.05, 3.63) is 95.6 Å². The van der Waals surface area contributed by atoms with Gasteiger partial charge in [0.25, 0.3) is 0 Å². The van der Waals surface area contributed by atoms with Crippen LogP contribution in [0, 0.1) is 11.8 Å². The molecule has 3 aromatic carbocycles. The molecule has 0 spiro atoms. The summed E-state index contributed by atoms with van der Waals surface area (Å²) in [6, 6.07) is 28.4. The van der Waals surface area contributed by atoms with Gasteiger partial charge in [0, 0.05) is 18.6 Å². The number of carbonyl (C=O) groups excluding carboxylic acids is 1. The van der Waals surface area contributed by atoms with E-state index in [1.54, 1.807) is 0 Å². The standard InChI is InChI=1S/C55H90O6Si2/c1-15-44(2)41-47(46-27-21-20-22-28-46)43-55(42-45(3)52(56)57-10,48-29-33-50(34-30-48)58-37-23-16-18-25-39-60-62(11,12)53(4,5)6)49-31-35-51(36-32-49)59-38-24-17-19-26-40-61-63(13,14)54(7,8)9/h20-22,27-36,44-45,47H,15-19,23-26,37-43H2,1-14H3. The van der Waals surface area contributed by atoms with Crippen LogP contribution in [0.5, 0.6) is 11.5 Å². The molecule has 3 aromatic rings. The average Bonchev–Trinajstić information content (AvgIpc) is 3.24. The molecule has 0 amide bonds. The summed E-state index contributed by atoms with van der Waals surface area (Å²) < 4.78 is 30.8. The first-order valence-electron chi connectivity index (χ1n) is 24.5. The van der Waals surface area contributed by atoms with Gasteiger partial charge in [-0.2, -0.15) is 0 Å². The van der Waals surface area contributed by atoms with Crippen LogP contribution >= 0.6 is 0 Å². The number of methoxy groups -OCH3 is 1. The highest BCUT2D eigenvalue weighted by molar-refractivity contribution is 6.74. The minimum Gasteiger partial charge on any atom is -0.494 e. The number of carbonyl (C=O) groups is 1. The van der Waals surface area contributed by atoms with Crippen LogP contribution in [-0.2, 0) is 23.8 Å². The SMILES string of the molecule is CCC(C)CC(CC(CC(C)C(=O)OC)(c1ccc(OCCCCCCO[Si](C)(C)C(C)(C)C)cc1)c1ccc(OCCCCCCO[Si](C)(C)C(C)(C)C)cc1)c1ccccc1. The van der Waals surface area contributed by atoms with Gasteiger partial charge in [0.05, 0.1) is 26.2 Å². The van der Waals surface area contributed by atoms with Crippen molar-refractivity contribution in [2.24, 2.45) is 11.8 Å².